The molecule has 0 unspecified atom stereocenters. The van der Waals surface area contributed by atoms with E-state index in [-0.39, 0.29) is 23.6 Å². The largest absolute Gasteiger partial charge is 0.487 e. The van der Waals surface area contributed by atoms with Gasteiger partial charge in [-0.3, -0.25) is 14.9 Å². The molecule has 0 aliphatic rings. The fourth-order valence-corrected chi connectivity index (χ4v) is 2.95. The van der Waals surface area contributed by atoms with Gasteiger partial charge in [0.25, 0.3) is 5.91 Å². The molecule has 0 radical (unpaired) electrons. The molecule has 8 nitrogen and oxygen atoms in total. The molecule has 2 rings (SSSR count). The van der Waals surface area contributed by atoms with E-state index in [4.69, 9.17) is 9.47 Å². The number of carbonyl (C=O) groups is 2. The van der Waals surface area contributed by atoms with E-state index in [1.54, 1.807) is 6.92 Å². The lowest BCUT2D eigenvalue weighted by molar-refractivity contribution is -0.385. The first-order chi connectivity index (χ1) is 13.6. The van der Waals surface area contributed by atoms with Gasteiger partial charge < -0.3 is 14.8 Å². The first-order valence-electron chi connectivity index (χ1n) is 9.15. The molecule has 0 aromatic heterocycles. The van der Waals surface area contributed by atoms with E-state index in [1.165, 1.54) is 19.1 Å². The number of esters is 1. The minimum absolute atomic E-state index is 0.0394. The Labute approximate surface area is 169 Å². The number of nitrogens with one attached hydrogen (secondary N) is 1. The number of benzene rings is 2. The predicted octanol–water partition coefficient (Wildman–Crippen LogP) is 4.10. The van der Waals surface area contributed by atoms with E-state index in [0.717, 1.165) is 22.8 Å². The minimum Gasteiger partial charge on any atom is -0.487 e. The van der Waals surface area contributed by atoms with Crippen LogP contribution in [0, 0.1) is 30.9 Å². The highest BCUT2D eigenvalue weighted by Crippen LogP contribution is 2.28. The Morgan fingerprint density at radius 2 is 1.76 bits per heavy atom. The number of carbonyl (C=O) groups excluding carboxylic acids is 2. The monoisotopic (exact) mass is 400 g/mol. The zero-order valence-electron chi connectivity index (χ0n) is 17.1. The molecule has 0 heterocycles. The lowest BCUT2D eigenvalue weighted by Crippen LogP contribution is -2.30. The predicted molar refractivity (Wildman–Crippen MR) is 108 cm³/mol. The molecule has 29 heavy (non-hydrogen) atoms. The fourth-order valence-electron chi connectivity index (χ4n) is 2.95. The molecule has 1 amide bonds. The summed E-state index contributed by atoms with van der Waals surface area (Å²) in [6.45, 7) is 9.11. The van der Waals surface area contributed by atoms with Crippen molar-refractivity contribution in [2.45, 2.75) is 40.7 Å². The Balaban J connectivity index is 2.13. The van der Waals surface area contributed by atoms with Crippen molar-refractivity contribution in [3.8, 4) is 5.75 Å². The SMILES string of the molecule is CCOc1ccc(C(=O)O[C@@H](C)C(=O)Nc2c(C)cc(C)cc2C)cc1[N+](=O)[O-]. The van der Waals surface area contributed by atoms with Gasteiger partial charge in [0.15, 0.2) is 11.9 Å². The summed E-state index contributed by atoms with van der Waals surface area (Å²) in [6, 6.07) is 7.66. The van der Waals surface area contributed by atoms with Crippen molar-refractivity contribution in [2.24, 2.45) is 0 Å². The topological polar surface area (TPSA) is 108 Å². The van der Waals surface area contributed by atoms with Crippen LogP contribution in [0.25, 0.3) is 0 Å². The van der Waals surface area contributed by atoms with Crippen molar-refractivity contribution in [1.29, 1.82) is 0 Å². The quantitative estimate of drug-likeness (QED) is 0.426. The summed E-state index contributed by atoms with van der Waals surface area (Å²) >= 11 is 0. The normalized spacial score (nSPS) is 11.5. The molecule has 0 saturated carbocycles. The summed E-state index contributed by atoms with van der Waals surface area (Å²) < 4.78 is 10.4. The Kier molecular flexibility index (Phi) is 6.93. The van der Waals surface area contributed by atoms with Gasteiger partial charge in [-0.15, -0.1) is 0 Å². The van der Waals surface area contributed by atoms with Crippen LogP contribution in [0.4, 0.5) is 11.4 Å². The number of aryl methyl sites for hydroxylation is 3. The summed E-state index contributed by atoms with van der Waals surface area (Å²) in [5.74, 6) is -1.27. The summed E-state index contributed by atoms with van der Waals surface area (Å²) in [5.41, 5.74) is 3.16. The van der Waals surface area contributed by atoms with Gasteiger partial charge in [0.2, 0.25) is 0 Å². The lowest BCUT2D eigenvalue weighted by Gasteiger charge is -2.17. The van der Waals surface area contributed by atoms with Gasteiger partial charge in [-0.25, -0.2) is 4.79 Å². The molecule has 0 bridgehead atoms. The van der Waals surface area contributed by atoms with Crippen molar-refractivity contribution < 1.29 is 24.0 Å². The molecular weight excluding hydrogens is 376 g/mol. The van der Waals surface area contributed by atoms with Crippen LogP contribution >= 0.6 is 0 Å². The lowest BCUT2D eigenvalue weighted by atomic mass is 10.0. The second-order valence-corrected chi connectivity index (χ2v) is 6.68. The molecule has 0 saturated heterocycles. The van der Waals surface area contributed by atoms with Gasteiger partial charge in [-0.2, -0.15) is 0 Å². The van der Waals surface area contributed by atoms with E-state index < -0.39 is 22.9 Å². The highest BCUT2D eigenvalue weighted by Gasteiger charge is 2.23. The second kappa shape index (κ2) is 9.18. The van der Waals surface area contributed by atoms with E-state index in [9.17, 15) is 19.7 Å². The van der Waals surface area contributed by atoms with E-state index >= 15 is 0 Å². The van der Waals surface area contributed by atoms with Gasteiger partial charge >= 0.3 is 11.7 Å². The molecule has 0 aliphatic heterocycles. The maximum Gasteiger partial charge on any atom is 0.339 e. The average Bonchev–Trinajstić information content (AvgIpc) is 2.64. The number of hydrogen-bond donors (Lipinski definition) is 1. The number of nitro benzene ring substituents is 1. The Bertz CT molecular complexity index is 931. The van der Waals surface area contributed by atoms with Gasteiger partial charge in [-0.05, 0) is 57.9 Å². The van der Waals surface area contributed by atoms with Crippen LogP contribution in [0.15, 0.2) is 30.3 Å². The summed E-state index contributed by atoms with van der Waals surface area (Å²) in [4.78, 5) is 35.4. The van der Waals surface area contributed by atoms with Crippen LogP contribution in [0.2, 0.25) is 0 Å². The van der Waals surface area contributed by atoms with Crippen LogP contribution in [0.1, 0.15) is 40.9 Å². The maximum absolute atomic E-state index is 12.5. The number of rotatable bonds is 7. The number of amides is 1. The summed E-state index contributed by atoms with van der Waals surface area (Å²) in [5, 5.41) is 14.0. The Morgan fingerprint density at radius 3 is 2.31 bits per heavy atom. The van der Waals surface area contributed by atoms with Gasteiger partial charge in [0.05, 0.1) is 17.1 Å². The molecule has 0 fully saturated rings. The Hall–Kier alpha value is -3.42. The van der Waals surface area contributed by atoms with Gasteiger partial charge in [0.1, 0.15) is 0 Å². The molecule has 0 spiro atoms. The smallest absolute Gasteiger partial charge is 0.339 e. The molecule has 154 valence electrons. The zero-order valence-corrected chi connectivity index (χ0v) is 17.1. The average molecular weight is 400 g/mol. The number of hydrogen-bond acceptors (Lipinski definition) is 6. The second-order valence-electron chi connectivity index (χ2n) is 6.68. The molecular formula is C21H24N2O6. The molecule has 2 aromatic rings. The molecule has 2 aromatic carbocycles. The first kappa shape index (κ1) is 21.9. The number of ether oxygens (including phenoxy) is 2. The first-order valence-corrected chi connectivity index (χ1v) is 9.15. The highest BCUT2D eigenvalue weighted by molar-refractivity contribution is 5.98. The van der Waals surface area contributed by atoms with Gasteiger partial charge in [-0.1, -0.05) is 17.7 Å². The van der Waals surface area contributed by atoms with Crippen LogP contribution in [-0.2, 0) is 9.53 Å². The van der Waals surface area contributed by atoms with Crippen molar-refractivity contribution >= 4 is 23.3 Å². The summed E-state index contributed by atoms with van der Waals surface area (Å²) in [6.07, 6.45) is -1.09. The van der Waals surface area contributed by atoms with E-state index in [0.29, 0.717) is 5.69 Å². The molecule has 0 aliphatic carbocycles. The van der Waals surface area contributed by atoms with Crippen molar-refractivity contribution in [3.05, 3.63) is 62.7 Å². The molecule has 8 heteroatoms. The molecule has 1 N–H and O–H groups in total. The van der Waals surface area contributed by atoms with Crippen LogP contribution < -0.4 is 10.1 Å². The summed E-state index contributed by atoms with van der Waals surface area (Å²) in [7, 11) is 0. The zero-order chi connectivity index (χ0) is 21.7. The van der Waals surface area contributed by atoms with Crippen LogP contribution in [-0.4, -0.2) is 29.5 Å². The van der Waals surface area contributed by atoms with Crippen LogP contribution in [0.3, 0.4) is 0 Å². The van der Waals surface area contributed by atoms with Crippen molar-refractivity contribution in [3.63, 3.8) is 0 Å². The Morgan fingerprint density at radius 1 is 1.14 bits per heavy atom. The maximum atomic E-state index is 12.5. The standard InChI is InChI=1S/C21H24N2O6/c1-6-28-18-8-7-16(11-17(18)23(26)27)21(25)29-15(5)20(24)22-19-13(3)9-12(2)10-14(19)4/h7-11,15H,6H2,1-5H3,(H,22,24)/t15-/m0/s1. The van der Waals surface area contributed by atoms with Crippen molar-refractivity contribution in [1.82, 2.24) is 0 Å². The third-order valence-electron chi connectivity index (χ3n) is 4.27. The molecule has 1 atom stereocenters. The number of anilines is 1. The highest BCUT2D eigenvalue weighted by atomic mass is 16.6. The van der Waals surface area contributed by atoms with Crippen molar-refractivity contribution in [2.75, 3.05) is 11.9 Å². The van der Waals surface area contributed by atoms with E-state index in [1.807, 2.05) is 32.9 Å². The third kappa shape index (κ3) is 5.31. The van der Waals surface area contributed by atoms with E-state index in [2.05, 4.69) is 5.32 Å². The van der Waals surface area contributed by atoms with Gasteiger partial charge in [0, 0.05) is 11.8 Å². The number of nitro groups is 1. The van der Waals surface area contributed by atoms with Crippen LogP contribution in [0.5, 0.6) is 5.75 Å². The number of nitrogens with zero attached hydrogens (tertiary/aromatic N) is 1. The third-order valence-corrected chi connectivity index (χ3v) is 4.27. The fraction of sp³-hybridized carbons (Fsp3) is 0.333. The minimum atomic E-state index is -1.09.